The van der Waals surface area contributed by atoms with E-state index in [1.165, 1.54) is 12.3 Å². The molecule has 0 aliphatic rings. The Balaban J connectivity index is 1.73. The Labute approximate surface area is 155 Å². The molecule has 0 aliphatic heterocycles. The molecular formula is C20H17N3O4. The summed E-state index contributed by atoms with van der Waals surface area (Å²) in [6.07, 6.45) is 1.34. The fraction of sp³-hybridized carbons (Fsp3) is 0.100. The topological polar surface area (TPSA) is 97.7 Å². The lowest BCUT2D eigenvalue weighted by Gasteiger charge is -2.01. The molecule has 0 radical (unpaired) electrons. The van der Waals surface area contributed by atoms with Crippen molar-refractivity contribution in [3.63, 3.8) is 0 Å². The van der Waals surface area contributed by atoms with Crippen LogP contribution in [0.1, 0.15) is 27.2 Å². The Hall–Kier alpha value is -3.74. The highest BCUT2D eigenvalue weighted by Gasteiger charge is 2.18. The summed E-state index contributed by atoms with van der Waals surface area (Å²) in [6, 6.07) is 15.3. The first-order valence-electron chi connectivity index (χ1n) is 8.19. The smallest absolute Gasteiger partial charge is 0.280 e. The van der Waals surface area contributed by atoms with E-state index in [9.17, 15) is 14.9 Å². The van der Waals surface area contributed by atoms with Gasteiger partial charge >= 0.3 is 0 Å². The van der Waals surface area contributed by atoms with E-state index < -0.39 is 4.92 Å². The summed E-state index contributed by atoms with van der Waals surface area (Å²) in [6.45, 7) is 3.72. The van der Waals surface area contributed by atoms with E-state index >= 15 is 0 Å². The molecule has 0 atom stereocenters. The third-order valence-electron chi connectivity index (χ3n) is 3.91. The monoisotopic (exact) mass is 363 g/mol. The van der Waals surface area contributed by atoms with E-state index in [0.29, 0.717) is 22.6 Å². The number of carbonyl (C=O) groups is 1. The number of hydrogen-bond acceptors (Lipinski definition) is 5. The van der Waals surface area contributed by atoms with Gasteiger partial charge in [0.2, 0.25) is 0 Å². The van der Waals surface area contributed by atoms with Crippen molar-refractivity contribution in [3.8, 4) is 11.3 Å². The summed E-state index contributed by atoms with van der Waals surface area (Å²) in [5.74, 6) is 0.379. The second kappa shape index (κ2) is 7.65. The van der Waals surface area contributed by atoms with Crippen LogP contribution in [-0.4, -0.2) is 17.0 Å². The van der Waals surface area contributed by atoms with E-state index in [0.717, 1.165) is 11.1 Å². The van der Waals surface area contributed by atoms with Gasteiger partial charge in [0, 0.05) is 11.6 Å². The Morgan fingerprint density at radius 2 is 1.78 bits per heavy atom. The molecule has 1 aromatic heterocycles. The van der Waals surface area contributed by atoms with E-state index in [2.05, 4.69) is 10.5 Å². The summed E-state index contributed by atoms with van der Waals surface area (Å²) < 4.78 is 5.60. The number of nitrogens with one attached hydrogen (secondary N) is 1. The third kappa shape index (κ3) is 4.27. The molecule has 0 saturated carbocycles. The van der Waals surface area contributed by atoms with Gasteiger partial charge in [-0.15, -0.1) is 0 Å². The van der Waals surface area contributed by atoms with Crippen LogP contribution in [0.5, 0.6) is 0 Å². The minimum absolute atomic E-state index is 0.0273. The Morgan fingerprint density at radius 3 is 2.48 bits per heavy atom. The maximum atomic E-state index is 12.0. The highest BCUT2D eigenvalue weighted by molar-refractivity contribution is 5.94. The van der Waals surface area contributed by atoms with Crippen LogP contribution < -0.4 is 5.43 Å². The molecule has 7 heteroatoms. The maximum Gasteiger partial charge on any atom is 0.280 e. The number of furan rings is 1. The molecule has 7 nitrogen and oxygen atoms in total. The van der Waals surface area contributed by atoms with Crippen molar-refractivity contribution in [2.45, 2.75) is 13.8 Å². The highest BCUT2D eigenvalue weighted by atomic mass is 16.6. The Morgan fingerprint density at radius 1 is 1.07 bits per heavy atom. The van der Waals surface area contributed by atoms with Crippen molar-refractivity contribution in [3.05, 3.63) is 87.2 Å². The van der Waals surface area contributed by atoms with Gasteiger partial charge in [0.1, 0.15) is 11.5 Å². The van der Waals surface area contributed by atoms with Gasteiger partial charge in [-0.2, -0.15) is 5.10 Å². The largest absolute Gasteiger partial charge is 0.455 e. The number of aryl methyl sites for hydroxylation is 2. The quantitative estimate of drug-likeness (QED) is 0.416. The number of nitro groups is 1. The first kappa shape index (κ1) is 18.1. The molecule has 0 spiro atoms. The second-order valence-corrected chi connectivity index (χ2v) is 6.04. The number of amides is 1. The average Bonchev–Trinajstić information content (AvgIpc) is 3.10. The second-order valence-electron chi connectivity index (χ2n) is 6.04. The number of hydrogen-bond donors (Lipinski definition) is 1. The van der Waals surface area contributed by atoms with Gasteiger partial charge < -0.3 is 4.42 Å². The van der Waals surface area contributed by atoms with E-state index in [1.807, 2.05) is 19.1 Å². The van der Waals surface area contributed by atoms with Gasteiger partial charge in [0.15, 0.2) is 0 Å². The van der Waals surface area contributed by atoms with Crippen molar-refractivity contribution in [2.24, 2.45) is 5.10 Å². The van der Waals surface area contributed by atoms with Crippen LogP contribution in [0.25, 0.3) is 11.3 Å². The van der Waals surface area contributed by atoms with E-state index in [1.54, 1.807) is 43.3 Å². The summed E-state index contributed by atoms with van der Waals surface area (Å²) >= 11 is 0. The summed E-state index contributed by atoms with van der Waals surface area (Å²) in [5, 5.41) is 15.1. The lowest BCUT2D eigenvalue weighted by Crippen LogP contribution is -2.17. The van der Waals surface area contributed by atoms with Crippen LogP contribution in [-0.2, 0) is 0 Å². The summed E-state index contributed by atoms with van der Waals surface area (Å²) in [7, 11) is 0. The third-order valence-corrected chi connectivity index (χ3v) is 3.91. The van der Waals surface area contributed by atoms with Crippen LogP contribution in [0.4, 0.5) is 5.69 Å². The number of nitrogens with zero attached hydrogens (tertiary/aromatic N) is 2. The van der Waals surface area contributed by atoms with Gasteiger partial charge in [-0.25, -0.2) is 5.43 Å². The average molecular weight is 363 g/mol. The minimum atomic E-state index is -0.444. The fourth-order valence-corrected chi connectivity index (χ4v) is 2.49. The summed E-state index contributed by atoms with van der Waals surface area (Å²) in [4.78, 5) is 22.8. The number of hydrazone groups is 1. The highest BCUT2D eigenvalue weighted by Crippen LogP contribution is 2.31. The van der Waals surface area contributed by atoms with Crippen LogP contribution in [0.3, 0.4) is 0 Å². The number of nitro benzene ring substituents is 1. The zero-order chi connectivity index (χ0) is 19.4. The molecule has 0 saturated heterocycles. The number of rotatable bonds is 5. The molecule has 0 aliphatic carbocycles. The molecule has 0 fully saturated rings. The lowest BCUT2D eigenvalue weighted by atomic mass is 10.1. The molecule has 2 aromatic carbocycles. The van der Waals surface area contributed by atoms with E-state index in [4.69, 9.17) is 4.42 Å². The minimum Gasteiger partial charge on any atom is -0.455 e. The normalized spacial score (nSPS) is 10.9. The predicted molar refractivity (Wildman–Crippen MR) is 102 cm³/mol. The van der Waals surface area contributed by atoms with Crippen LogP contribution in [0.2, 0.25) is 0 Å². The molecule has 0 unspecified atom stereocenters. The molecule has 27 heavy (non-hydrogen) atoms. The van der Waals surface area contributed by atoms with Gasteiger partial charge in [-0.3, -0.25) is 14.9 Å². The Kier molecular flexibility index (Phi) is 5.12. The fourth-order valence-electron chi connectivity index (χ4n) is 2.49. The first-order chi connectivity index (χ1) is 12.9. The zero-order valence-corrected chi connectivity index (χ0v) is 14.8. The van der Waals surface area contributed by atoms with E-state index in [-0.39, 0.29) is 11.6 Å². The molecule has 3 rings (SSSR count). The standard InChI is InChI=1S/C20H17N3O4/c1-13-3-6-15(7-4-13)20(24)22-21-12-16-8-10-19(27-16)17-9-5-14(2)11-18(17)23(25)26/h3-12H,1-2H3,(H,22,24)/b21-12-. The van der Waals surface area contributed by atoms with Crippen molar-refractivity contribution in [1.29, 1.82) is 0 Å². The lowest BCUT2D eigenvalue weighted by molar-refractivity contribution is -0.384. The van der Waals surface area contributed by atoms with Gasteiger partial charge in [0.05, 0.1) is 16.7 Å². The van der Waals surface area contributed by atoms with Crippen LogP contribution in [0, 0.1) is 24.0 Å². The molecule has 0 bridgehead atoms. The van der Waals surface area contributed by atoms with Crippen molar-refractivity contribution in [1.82, 2.24) is 5.43 Å². The first-order valence-corrected chi connectivity index (χ1v) is 8.19. The molecule has 3 aromatic rings. The molecule has 1 amide bonds. The van der Waals surface area contributed by atoms with Crippen LogP contribution >= 0.6 is 0 Å². The summed E-state index contributed by atoms with van der Waals surface area (Å²) in [5.41, 5.74) is 5.11. The van der Waals surface area contributed by atoms with Gasteiger partial charge in [-0.05, 0) is 49.7 Å². The van der Waals surface area contributed by atoms with Crippen molar-refractivity contribution >= 4 is 17.8 Å². The zero-order valence-electron chi connectivity index (χ0n) is 14.8. The molecular weight excluding hydrogens is 346 g/mol. The van der Waals surface area contributed by atoms with Gasteiger partial charge in [0.25, 0.3) is 11.6 Å². The van der Waals surface area contributed by atoms with Crippen molar-refractivity contribution in [2.75, 3.05) is 0 Å². The van der Waals surface area contributed by atoms with Crippen molar-refractivity contribution < 1.29 is 14.1 Å². The van der Waals surface area contributed by atoms with Crippen LogP contribution in [0.15, 0.2) is 64.1 Å². The molecule has 1 heterocycles. The predicted octanol–water partition coefficient (Wildman–Crippen LogP) is 4.24. The number of carbonyl (C=O) groups excluding carboxylic acids is 1. The molecule has 136 valence electrons. The maximum absolute atomic E-state index is 12.0. The number of benzene rings is 2. The molecule has 1 N–H and O–H groups in total. The SMILES string of the molecule is Cc1ccc(C(=O)N/N=C\c2ccc(-c3ccc(C)cc3[N+](=O)[O-])o2)cc1. The van der Waals surface area contributed by atoms with Gasteiger partial charge in [-0.1, -0.05) is 23.8 Å². The Bertz CT molecular complexity index is 1020.